The minimum atomic E-state index is -0.471. The number of non-ortho nitro benzene ring substituents is 1. The summed E-state index contributed by atoms with van der Waals surface area (Å²) in [4.78, 5) is 26.0. The average molecular weight is 307 g/mol. The van der Waals surface area contributed by atoms with Gasteiger partial charge in [-0.3, -0.25) is 14.9 Å². The van der Waals surface area contributed by atoms with Crippen molar-refractivity contribution in [1.82, 2.24) is 4.98 Å². The van der Waals surface area contributed by atoms with Crippen molar-refractivity contribution in [3.8, 4) is 0 Å². The van der Waals surface area contributed by atoms with Crippen molar-refractivity contribution in [1.29, 1.82) is 0 Å². The molecule has 0 aliphatic heterocycles. The van der Waals surface area contributed by atoms with Crippen LogP contribution in [0.1, 0.15) is 15.2 Å². The number of nitro groups is 1. The summed E-state index contributed by atoms with van der Waals surface area (Å²) in [7, 11) is 0. The summed E-state index contributed by atoms with van der Waals surface area (Å²) in [5.41, 5.74) is 1.02. The lowest BCUT2D eigenvalue weighted by molar-refractivity contribution is -0.384. The van der Waals surface area contributed by atoms with Crippen LogP contribution in [0.15, 0.2) is 36.5 Å². The number of nitro benzene ring substituents is 1. The van der Waals surface area contributed by atoms with Gasteiger partial charge in [0.25, 0.3) is 5.69 Å². The highest BCUT2D eigenvalue weighted by molar-refractivity contribution is 7.18. The van der Waals surface area contributed by atoms with Gasteiger partial charge < -0.3 is 4.98 Å². The van der Waals surface area contributed by atoms with Crippen LogP contribution >= 0.6 is 22.9 Å². The Bertz CT molecular complexity index is 837. The Labute approximate surface area is 122 Å². The molecule has 3 rings (SSSR count). The number of ketones is 1. The fourth-order valence-corrected chi connectivity index (χ4v) is 2.98. The third-order valence-electron chi connectivity index (χ3n) is 2.92. The molecule has 0 unspecified atom stereocenters. The molecule has 3 aromatic rings. The number of fused-ring (bicyclic) bond motifs is 1. The molecule has 0 aliphatic rings. The van der Waals surface area contributed by atoms with Crippen LogP contribution < -0.4 is 0 Å². The molecule has 0 fully saturated rings. The minimum absolute atomic E-state index is 0.0162. The fourth-order valence-electron chi connectivity index (χ4n) is 1.98. The number of carbonyl (C=O) groups excluding carboxylic acids is 1. The largest absolute Gasteiger partial charge is 0.360 e. The van der Waals surface area contributed by atoms with E-state index in [1.165, 1.54) is 23.5 Å². The van der Waals surface area contributed by atoms with E-state index >= 15 is 0 Å². The molecule has 2 heterocycles. The number of carbonyl (C=O) groups is 1. The molecule has 0 bridgehead atoms. The topological polar surface area (TPSA) is 76.0 Å². The maximum Gasteiger partial charge on any atom is 0.271 e. The van der Waals surface area contributed by atoms with Gasteiger partial charge in [-0.2, -0.15) is 0 Å². The fraction of sp³-hybridized carbons (Fsp3) is 0. The lowest BCUT2D eigenvalue weighted by Gasteiger charge is -1.96. The molecular weight excluding hydrogens is 300 g/mol. The van der Waals surface area contributed by atoms with Crippen molar-refractivity contribution in [2.75, 3.05) is 0 Å². The molecule has 0 spiro atoms. The van der Waals surface area contributed by atoms with E-state index in [9.17, 15) is 14.9 Å². The summed E-state index contributed by atoms with van der Waals surface area (Å²) in [5, 5.41) is 11.4. The van der Waals surface area contributed by atoms with Crippen LogP contribution in [-0.2, 0) is 0 Å². The highest BCUT2D eigenvalue weighted by atomic mass is 35.5. The van der Waals surface area contributed by atoms with Crippen LogP contribution in [-0.4, -0.2) is 15.7 Å². The van der Waals surface area contributed by atoms with E-state index in [1.807, 2.05) is 0 Å². The molecule has 0 saturated heterocycles. The first-order valence-corrected chi connectivity index (χ1v) is 6.81. The predicted molar refractivity (Wildman–Crippen MR) is 77.7 cm³/mol. The van der Waals surface area contributed by atoms with Crippen molar-refractivity contribution in [3.05, 3.63) is 61.4 Å². The number of hydrogen-bond acceptors (Lipinski definition) is 4. The standard InChI is InChI=1S/C13H7ClN2O3S/c14-12-4-3-11(20-12)13(17)9-6-15-10-5-7(16(18)19)1-2-8(9)10/h1-6,15H. The molecule has 5 nitrogen and oxygen atoms in total. The minimum Gasteiger partial charge on any atom is -0.360 e. The number of benzene rings is 1. The molecule has 1 N–H and O–H groups in total. The molecule has 100 valence electrons. The quantitative estimate of drug-likeness (QED) is 0.451. The van der Waals surface area contributed by atoms with Gasteiger partial charge in [-0.15, -0.1) is 11.3 Å². The zero-order chi connectivity index (χ0) is 14.3. The lowest BCUT2D eigenvalue weighted by Crippen LogP contribution is -1.96. The van der Waals surface area contributed by atoms with E-state index in [2.05, 4.69) is 4.98 Å². The molecular formula is C13H7ClN2O3S. The summed E-state index contributed by atoms with van der Waals surface area (Å²) in [6.07, 6.45) is 1.56. The van der Waals surface area contributed by atoms with Crippen LogP contribution in [0.3, 0.4) is 0 Å². The molecule has 0 aliphatic carbocycles. The molecule has 2 aromatic heterocycles. The summed E-state index contributed by atoms with van der Waals surface area (Å²) >= 11 is 7.03. The zero-order valence-electron chi connectivity index (χ0n) is 9.92. The third kappa shape index (κ3) is 2.09. The number of aromatic amines is 1. The maximum atomic E-state index is 12.4. The van der Waals surface area contributed by atoms with E-state index < -0.39 is 4.92 Å². The van der Waals surface area contributed by atoms with Gasteiger partial charge in [-0.1, -0.05) is 11.6 Å². The van der Waals surface area contributed by atoms with E-state index in [0.717, 1.165) is 0 Å². The second kappa shape index (κ2) is 4.73. The van der Waals surface area contributed by atoms with Gasteiger partial charge >= 0.3 is 0 Å². The Kier molecular flexibility index (Phi) is 3.04. The van der Waals surface area contributed by atoms with Crippen molar-refractivity contribution in [3.63, 3.8) is 0 Å². The van der Waals surface area contributed by atoms with Crippen LogP contribution in [0, 0.1) is 10.1 Å². The molecule has 0 amide bonds. The van der Waals surface area contributed by atoms with Crippen molar-refractivity contribution < 1.29 is 9.72 Å². The number of rotatable bonds is 3. The normalized spacial score (nSPS) is 10.8. The summed E-state index contributed by atoms with van der Waals surface area (Å²) in [6.45, 7) is 0. The van der Waals surface area contributed by atoms with Crippen LogP contribution in [0.2, 0.25) is 4.34 Å². The average Bonchev–Trinajstić information content (AvgIpc) is 3.03. The Morgan fingerprint density at radius 1 is 1.30 bits per heavy atom. The smallest absolute Gasteiger partial charge is 0.271 e. The molecule has 0 saturated carbocycles. The molecule has 20 heavy (non-hydrogen) atoms. The third-order valence-corrected chi connectivity index (χ3v) is 4.15. The van der Waals surface area contributed by atoms with Crippen LogP contribution in [0.4, 0.5) is 5.69 Å². The van der Waals surface area contributed by atoms with Crippen molar-refractivity contribution in [2.24, 2.45) is 0 Å². The van der Waals surface area contributed by atoms with Gasteiger partial charge in [0, 0.05) is 29.3 Å². The zero-order valence-corrected chi connectivity index (χ0v) is 11.5. The van der Waals surface area contributed by atoms with Gasteiger partial charge in [0.15, 0.2) is 0 Å². The molecule has 0 radical (unpaired) electrons. The van der Waals surface area contributed by atoms with Gasteiger partial charge in [0.1, 0.15) is 0 Å². The number of H-pyrrole nitrogens is 1. The Hall–Kier alpha value is -2.18. The second-order valence-electron chi connectivity index (χ2n) is 4.12. The van der Waals surface area contributed by atoms with Crippen molar-refractivity contribution >= 4 is 45.3 Å². The maximum absolute atomic E-state index is 12.4. The van der Waals surface area contributed by atoms with E-state index in [0.29, 0.717) is 25.7 Å². The number of halogens is 1. The summed E-state index contributed by atoms with van der Waals surface area (Å²) in [6, 6.07) is 7.70. The Morgan fingerprint density at radius 3 is 2.75 bits per heavy atom. The number of hydrogen-bond donors (Lipinski definition) is 1. The summed E-state index contributed by atoms with van der Waals surface area (Å²) in [5.74, 6) is -0.151. The molecule has 0 atom stereocenters. The van der Waals surface area contributed by atoms with Crippen LogP contribution in [0.25, 0.3) is 10.9 Å². The monoisotopic (exact) mass is 306 g/mol. The SMILES string of the molecule is O=C(c1ccc(Cl)s1)c1c[nH]c2cc([N+](=O)[O-])ccc12. The van der Waals surface area contributed by atoms with Gasteiger partial charge in [-0.05, 0) is 18.2 Å². The Balaban J connectivity index is 2.09. The summed E-state index contributed by atoms with van der Waals surface area (Å²) < 4.78 is 0.545. The molecule has 7 heteroatoms. The lowest BCUT2D eigenvalue weighted by atomic mass is 10.1. The highest BCUT2D eigenvalue weighted by Gasteiger charge is 2.17. The number of thiophene rings is 1. The van der Waals surface area contributed by atoms with Crippen LogP contribution in [0.5, 0.6) is 0 Å². The van der Waals surface area contributed by atoms with E-state index in [4.69, 9.17) is 11.6 Å². The number of aromatic nitrogens is 1. The van der Waals surface area contributed by atoms with E-state index in [1.54, 1.807) is 24.4 Å². The highest BCUT2D eigenvalue weighted by Crippen LogP contribution is 2.28. The first kappa shape index (κ1) is 12.8. The number of nitrogens with zero attached hydrogens (tertiary/aromatic N) is 1. The van der Waals surface area contributed by atoms with E-state index in [-0.39, 0.29) is 11.5 Å². The molecule has 1 aromatic carbocycles. The number of nitrogens with one attached hydrogen (secondary N) is 1. The first-order valence-electron chi connectivity index (χ1n) is 5.62. The van der Waals surface area contributed by atoms with Crippen molar-refractivity contribution in [2.45, 2.75) is 0 Å². The van der Waals surface area contributed by atoms with Gasteiger partial charge in [0.05, 0.1) is 19.7 Å². The van der Waals surface area contributed by atoms with Gasteiger partial charge in [-0.25, -0.2) is 0 Å². The Morgan fingerprint density at radius 2 is 2.10 bits per heavy atom. The predicted octanol–water partition coefficient (Wildman–Crippen LogP) is 4.02. The van der Waals surface area contributed by atoms with Gasteiger partial charge in [0.2, 0.25) is 5.78 Å². The second-order valence-corrected chi connectivity index (χ2v) is 5.84. The first-order chi connectivity index (χ1) is 9.56.